The maximum atomic E-state index is 2.89. The number of anilines is 1. The Balaban J connectivity index is 1.67. The minimum absolute atomic E-state index is 0.463. The molecule has 1 atom stereocenters. The van der Waals surface area contributed by atoms with Gasteiger partial charge in [0.1, 0.15) is 6.17 Å². The lowest BCUT2D eigenvalue weighted by Gasteiger charge is -2.44. The fourth-order valence-electron chi connectivity index (χ4n) is 6.32. The zero-order valence-corrected chi connectivity index (χ0v) is 18.7. The standard InChI is InChI=1S/C28H36N2/c1-21-13-9-12-20-26(21)29-22(2)27(23-14-5-3-6-15-23)30(25-18-10-11-19-25)28(29)24-16-7-4-8-17-24/h3,5-6,9,12-15,20,24-25,28H,4,7-8,10-11,16-19H2,1-2H3. The minimum atomic E-state index is 0.463. The van der Waals surface area contributed by atoms with E-state index in [2.05, 4.69) is 78.2 Å². The third kappa shape index (κ3) is 3.45. The Morgan fingerprint density at radius 1 is 0.700 bits per heavy atom. The largest absolute Gasteiger partial charge is 0.346 e. The molecule has 158 valence electrons. The van der Waals surface area contributed by atoms with E-state index in [1.807, 2.05) is 0 Å². The number of aryl methyl sites for hydroxylation is 1. The molecular formula is C28H36N2. The molecule has 3 aliphatic rings. The van der Waals surface area contributed by atoms with Crippen LogP contribution in [-0.4, -0.2) is 17.1 Å². The van der Waals surface area contributed by atoms with E-state index in [1.54, 1.807) is 0 Å². The third-order valence-corrected chi connectivity index (χ3v) is 7.72. The van der Waals surface area contributed by atoms with Crippen LogP contribution in [0.1, 0.15) is 75.8 Å². The van der Waals surface area contributed by atoms with Crippen LogP contribution in [0.4, 0.5) is 5.69 Å². The Kier molecular flexibility index (Phi) is 5.58. The molecule has 1 aliphatic heterocycles. The van der Waals surface area contributed by atoms with Crippen LogP contribution in [0.15, 0.2) is 60.3 Å². The summed E-state index contributed by atoms with van der Waals surface area (Å²) in [4.78, 5) is 5.62. The summed E-state index contributed by atoms with van der Waals surface area (Å²) in [7, 11) is 0. The SMILES string of the molecule is CC1=C(c2ccccc2)N(C2CCCC2)C(C2CCCCC2)N1c1ccccc1C. The Morgan fingerprint density at radius 3 is 2.03 bits per heavy atom. The van der Waals surface area contributed by atoms with Gasteiger partial charge in [0.2, 0.25) is 0 Å². The molecule has 0 N–H and O–H groups in total. The molecule has 2 aromatic rings. The normalized spacial score (nSPS) is 23.6. The van der Waals surface area contributed by atoms with Gasteiger partial charge < -0.3 is 9.80 Å². The molecule has 0 saturated heterocycles. The fourth-order valence-corrected chi connectivity index (χ4v) is 6.32. The van der Waals surface area contributed by atoms with Gasteiger partial charge in [0.05, 0.1) is 5.70 Å². The van der Waals surface area contributed by atoms with Gasteiger partial charge in [-0.05, 0) is 62.6 Å². The predicted molar refractivity (Wildman–Crippen MR) is 127 cm³/mol. The van der Waals surface area contributed by atoms with Crippen LogP contribution in [0.25, 0.3) is 5.70 Å². The average Bonchev–Trinajstić information content (AvgIpc) is 3.41. The van der Waals surface area contributed by atoms with Gasteiger partial charge in [-0.25, -0.2) is 0 Å². The zero-order chi connectivity index (χ0) is 20.5. The summed E-state index contributed by atoms with van der Waals surface area (Å²) < 4.78 is 0. The molecule has 0 bridgehead atoms. The topological polar surface area (TPSA) is 6.48 Å². The lowest BCUT2D eigenvalue weighted by atomic mass is 9.85. The lowest BCUT2D eigenvalue weighted by Crippen LogP contribution is -2.50. The van der Waals surface area contributed by atoms with E-state index < -0.39 is 0 Å². The molecule has 0 aromatic heterocycles. The maximum Gasteiger partial charge on any atom is 0.109 e. The molecule has 30 heavy (non-hydrogen) atoms. The van der Waals surface area contributed by atoms with Gasteiger partial charge in [0.25, 0.3) is 0 Å². The van der Waals surface area contributed by atoms with Crippen molar-refractivity contribution < 1.29 is 0 Å². The van der Waals surface area contributed by atoms with Gasteiger partial charge in [0.15, 0.2) is 0 Å². The van der Waals surface area contributed by atoms with E-state index in [-0.39, 0.29) is 0 Å². The number of benzene rings is 2. The number of para-hydroxylation sites is 1. The van der Waals surface area contributed by atoms with Crippen molar-refractivity contribution in [3.63, 3.8) is 0 Å². The van der Waals surface area contributed by atoms with Crippen LogP contribution in [0.3, 0.4) is 0 Å². The molecule has 2 aromatic carbocycles. The first kappa shape index (κ1) is 19.7. The van der Waals surface area contributed by atoms with E-state index in [4.69, 9.17) is 0 Å². The monoisotopic (exact) mass is 400 g/mol. The lowest BCUT2D eigenvalue weighted by molar-refractivity contribution is 0.150. The summed E-state index contributed by atoms with van der Waals surface area (Å²) in [5.41, 5.74) is 7.11. The van der Waals surface area contributed by atoms with Crippen molar-refractivity contribution in [2.75, 3.05) is 4.90 Å². The second-order valence-electron chi connectivity index (χ2n) is 9.61. The maximum absolute atomic E-state index is 2.89. The zero-order valence-electron chi connectivity index (χ0n) is 18.7. The summed E-state index contributed by atoms with van der Waals surface area (Å²) in [5.74, 6) is 0.745. The van der Waals surface area contributed by atoms with Crippen molar-refractivity contribution in [1.82, 2.24) is 4.90 Å². The molecular weight excluding hydrogens is 364 g/mol. The summed E-state index contributed by atoms with van der Waals surface area (Å²) in [6.07, 6.45) is 12.8. The van der Waals surface area contributed by atoms with Crippen LogP contribution >= 0.6 is 0 Å². The van der Waals surface area contributed by atoms with Gasteiger partial charge in [-0.2, -0.15) is 0 Å². The van der Waals surface area contributed by atoms with Gasteiger partial charge >= 0.3 is 0 Å². The van der Waals surface area contributed by atoms with Gasteiger partial charge in [-0.1, -0.05) is 80.6 Å². The molecule has 2 fully saturated rings. The quantitative estimate of drug-likeness (QED) is 0.529. The highest BCUT2D eigenvalue weighted by Gasteiger charge is 2.45. The first-order valence-corrected chi connectivity index (χ1v) is 12.1. The van der Waals surface area contributed by atoms with Crippen molar-refractivity contribution >= 4 is 11.4 Å². The molecule has 5 rings (SSSR count). The molecule has 1 unspecified atom stereocenters. The number of hydrogen-bond acceptors (Lipinski definition) is 2. The van der Waals surface area contributed by atoms with Crippen molar-refractivity contribution in [3.05, 3.63) is 71.4 Å². The number of rotatable bonds is 4. The molecule has 2 saturated carbocycles. The highest BCUT2D eigenvalue weighted by Crippen LogP contribution is 2.48. The van der Waals surface area contributed by atoms with Crippen LogP contribution < -0.4 is 4.90 Å². The number of nitrogens with zero attached hydrogens (tertiary/aromatic N) is 2. The molecule has 0 radical (unpaired) electrons. The first-order chi connectivity index (χ1) is 14.8. The average molecular weight is 401 g/mol. The van der Waals surface area contributed by atoms with Crippen molar-refractivity contribution in [2.45, 2.75) is 83.8 Å². The van der Waals surface area contributed by atoms with E-state index >= 15 is 0 Å². The summed E-state index contributed by atoms with van der Waals surface area (Å²) in [6.45, 7) is 4.65. The van der Waals surface area contributed by atoms with E-state index in [0.717, 1.165) is 5.92 Å². The van der Waals surface area contributed by atoms with Crippen molar-refractivity contribution in [3.8, 4) is 0 Å². The summed E-state index contributed by atoms with van der Waals surface area (Å²) in [5, 5.41) is 0. The molecule has 1 heterocycles. The first-order valence-electron chi connectivity index (χ1n) is 12.1. The fraction of sp³-hybridized carbons (Fsp3) is 0.500. The second-order valence-corrected chi connectivity index (χ2v) is 9.61. The molecule has 2 nitrogen and oxygen atoms in total. The number of allylic oxidation sites excluding steroid dienone is 1. The van der Waals surface area contributed by atoms with Gasteiger partial charge in [-0.15, -0.1) is 0 Å². The van der Waals surface area contributed by atoms with Crippen molar-refractivity contribution in [2.24, 2.45) is 5.92 Å². The van der Waals surface area contributed by atoms with E-state index in [1.165, 1.54) is 86.0 Å². The Hall–Kier alpha value is -2.22. The van der Waals surface area contributed by atoms with Crippen molar-refractivity contribution in [1.29, 1.82) is 0 Å². The second kappa shape index (κ2) is 8.49. The molecule has 0 amide bonds. The molecule has 2 heteroatoms. The smallest absolute Gasteiger partial charge is 0.109 e. The third-order valence-electron chi connectivity index (χ3n) is 7.72. The van der Waals surface area contributed by atoms with Crippen LogP contribution in [0, 0.1) is 12.8 Å². The van der Waals surface area contributed by atoms with Crippen LogP contribution in [-0.2, 0) is 0 Å². The minimum Gasteiger partial charge on any atom is -0.346 e. The van der Waals surface area contributed by atoms with Gasteiger partial charge in [-0.3, -0.25) is 0 Å². The highest BCUT2D eigenvalue weighted by molar-refractivity contribution is 5.77. The Morgan fingerprint density at radius 2 is 1.33 bits per heavy atom. The summed E-state index contributed by atoms with van der Waals surface area (Å²) in [6, 6.07) is 20.9. The summed E-state index contributed by atoms with van der Waals surface area (Å²) >= 11 is 0. The van der Waals surface area contributed by atoms with E-state index in [9.17, 15) is 0 Å². The number of hydrogen-bond donors (Lipinski definition) is 0. The van der Waals surface area contributed by atoms with Gasteiger partial charge in [0, 0.05) is 17.4 Å². The highest BCUT2D eigenvalue weighted by atomic mass is 15.4. The van der Waals surface area contributed by atoms with Crippen LogP contribution in [0.2, 0.25) is 0 Å². The predicted octanol–water partition coefficient (Wildman–Crippen LogP) is 7.35. The molecule has 0 spiro atoms. The Bertz CT molecular complexity index is 888. The Labute approximate surface area is 182 Å². The molecule has 2 aliphatic carbocycles. The van der Waals surface area contributed by atoms with Crippen LogP contribution in [0.5, 0.6) is 0 Å². The van der Waals surface area contributed by atoms with E-state index in [0.29, 0.717) is 12.2 Å².